The van der Waals surface area contributed by atoms with Crippen LogP contribution in [0.25, 0.3) is 11.0 Å². The van der Waals surface area contributed by atoms with Crippen LogP contribution in [-0.4, -0.2) is 27.4 Å². The van der Waals surface area contributed by atoms with Gasteiger partial charge in [-0.3, -0.25) is 0 Å². The smallest absolute Gasteiger partial charge is 0.169 e. The van der Waals surface area contributed by atoms with E-state index in [0.29, 0.717) is 18.9 Å². The van der Waals surface area contributed by atoms with Crippen molar-refractivity contribution in [3.8, 4) is 11.5 Å². The van der Waals surface area contributed by atoms with Crippen molar-refractivity contribution in [1.82, 2.24) is 9.55 Å². The maximum absolute atomic E-state index is 10.8. The van der Waals surface area contributed by atoms with E-state index in [-0.39, 0.29) is 6.61 Å². The number of hydrogen-bond acceptors (Lipinski definition) is 5. The highest BCUT2D eigenvalue weighted by atomic mass is 32.2. The molecule has 182 valence electrons. The van der Waals surface area contributed by atoms with Gasteiger partial charge in [-0.15, -0.1) is 0 Å². The standard InChI is InChI=1S/C30H28N2O3S/c33-25(21-35-27-17-15-26(16-18-27)34-20-23-9-3-1-4-10-23)19-32-29-14-8-7-13-28(29)31-30(32)36-22-24-11-5-2-6-12-24/h1-18,25,33H,19-22H2. The summed E-state index contributed by atoms with van der Waals surface area (Å²) in [5.41, 5.74) is 4.29. The molecule has 0 spiro atoms. The molecule has 0 fully saturated rings. The van der Waals surface area contributed by atoms with E-state index in [2.05, 4.69) is 16.7 Å². The van der Waals surface area contributed by atoms with Gasteiger partial charge in [0.05, 0.1) is 17.6 Å². The van der Waals surface area contributed by atoms with Gasteiger partial charge in [0, 0.05) is 5.75 Å². The molecule has 1 heterocycles. The van der Waals surface area contributed by atoms with Crippen molar-refractivity contribution in [3.05, 3.63) is 120 Å². The number of hydrogen-bond donors (Lipinski definition) is 1. The first-order valence-electron chi connectivity index (χ1n) is 11.9. The Labute approximate surface area is 215 Å². The summed E-state index contributed by atoms with van der Waals surface area (Å²) in [4.78, 5) is 4.81. The van der Waals surface area contributed by atoms with Crippen molar-refractivity contribution < 1.29 is 14.6 Å². The Morgan fingerprint density at radius 1 is 0.722 bits per heavy atom. The maximum Gasteiger partial charge on any atom is 0.169 e. The minimum atomic E-state index is -0.687. The van der Waals surface area contributed by atoms with Crippen molar-refractivity contribution in [1.29, 1.82) is 0 Å². The quantitative estimate of drug-likeness (QED) is 0.216. The number of para-hydroxylation sites is 2. The Hall–Kier alpha value is -3.74. The average molecular weight is 497 g/mol. The van der Waals surface area contributed by atoms with Gasteiger partial charge in [-0.05, 0) is 47.5 Å². The van der Waals surface area contributed by atoms with Crippen LogP contribution in [-0.2, 0) is 18.9 Å². The zero-order valence-electron chi connectivity index (χ0n) is 19.9. The monoisotopic (exact) mass is 496 g/mol. The molecule has 5 nitrogen and oxygen atoms in total. The Morgan fingerprint density at radius 2 is 1.33 bits per heavy atom. The van der Waals surface area contributed by atoms with Crippen LogP contribution in [0.4, 0.5) is 0 Å². The zero-order chi connectivity index (χ0) is 24.6. The molecule has 1 atom stereocenters. The van der Waals surface area contributed by atoms with Gasteiger partial charge in [0.1, 0.15) is 30.8 Å². The third kappa shape index (κ3) is 6.27. The van der Waals surface area contributed by atoms with E-state index in [1.54, 1.807) is 11.8 Å². The number of benzene rings is 4. The van der Waals surface area contributed by atoms with Crippen molar-refractivity contribution in [3.63, 3.8) is 0 Å². The molecular formula is C30H28N2O3S. The molecule has 5 aromatic rings. The number of rotatable bonds is 11. The molecular weight excluding hydrogens is 468 g/mol. The molecule has 0 saturated heterocycles. The predicted molar refractivity (Wildman–Crippen MR) is 144 cm³/mol. The lowest BCUT2D eigenvalue weighted by Gasteiger charge is -2.16. The minimum absolute atomic E-state index is 0.180. The molecule has 0 bridgehead atoms. The fourth-order valence-electron chi connectivity index (χ4n) is 3.89. The molecule has 1 aromatic heterocycles. The SMILES string of the molecule is OC(COc1ccc(OCc2ccccc2)cc1)Cn1c(SCc2ccccc2)nc2ccccc21. The highest BCUT2D eigenvalue weighted by Gasteiger charge is 2.15. The Balaban J connectivity index is 1.18. The summed E-state index contributed by atoms with van der Waals surface area (Å²) in [7, 11) is 0. The average Bonchev–Trinajstić information content (AvgIpc) is 3.28. The van der Waals surface area contributed by atoms with E-state index in [4.69, 9.17) is 14.5 Å². The third-order valence-electron chi connectivity index (χ3n) is 5.74. The topological polar surface area (TPSA) is 56.5 Å². The summed E-state index contributed by atoms with van der Waals surface area (Å²) in [6.45, 7) is 1.10. The largest absolute Gasteiger partial charge is 0.491 e. The molecule has 1 N–H and O–H groups in total. The van der Waals surface area contributed by atoms with Crippen LogP contribution >= 0.6 is 11.8 Å². The van der Waals surface area contributed by atoms with Crippen LogP contribution in [0.15, 0.2) is 114 Å². The minimum Gasteiger partial charge on any atom is -0.491 e. The summed E-state index contributed by atoms with van der Waals surface area (Å²) in [6, 6.07) is 35.9. The van der Waals surface area contributed by atoms with Gasteiger partial charge in [-0.2, -0.15) is 0 Å². The van der Waals surface area contributed by atoms with Crippen LogP contribution in [0.5, 0.6) is 11.5 Å². The number of nitrogens with zero attached hydrogens (tertiary/aromatic N) is 2. The molecule has 0 amide bonds. The number of thioether (sulfide) groups is 1. The number of imidazole rings is 1. The zero-order valence-corrected chi connectivity index (χ0v) is 20.7. The highest BCUT2D eigenvalue weighted by Crippen LogP contribution is 2.27. The van der Waals surface area contributed by atoms with Crippen LogP contribution < -0.4 is 9.47 Å². The van der Waals surface area contributed by atoms with E-state index in [1.807, 2.05) is 97.1 Å². The summed E-state index contributed by atoms with van der Waals surface area (Å²) in [6.07, 6.45) is -0.687. The van der Waals surface area contributed by atoms with Crippen LogP contribution in [0.2, 0.25) is 0 Å². The van der Waals surface area contributed by atoms with Gasteiger partial charge in [0.25, 0.3) is 0 Å². The van der Waals surface area contributed by atoms with E-state index in [0.717, 1.165) is 33.3 Å². The van der Waals surface area contributed by atoms with Crippen LogP contribution in [0, 0.1) is 0 Å². The van der Waals surface area contributed by atoms with Gasteiger partial charge in [-0.1, -0.05) is 84.6 Å². The Bertz CT molecular complexity index is 1370. The molecule has 0 aliphatic rings. The van der Waals surface area contributed by atoms with Gasteiger partial charge in [0.15, 0.2) is 5.16 Å². The molecule has 6 heteroatoms. The first kappa shape index (κ1) is 24.0. The van der Waals surface area contributed by atoms with E-state index in [1.165, 1.54) is 5.56 Å². The molecule has 36 heavy (non-hydrogen) atoms. The van der Waals surface area contributed by atoms with Gasteiger partial charge < -0.3 is 19.1 Å². The second kappa shape index (κ2) is 11.8. The highest BCUT2D eigenvalue weighted by molar-refractivity contribution is 7.98. The fourth-order valence-corrected chi connectivity index (χ4v) is 4.87. The number of fused-ring (bicyclic) bond motifs is 1. The summed E-state index contributed by atoms with van der Waals surface area (Å²) in [5, 5.41) is 11.7. The van der Waals surface area contributed by atoms with Crippen molar-refractivity contribution >= 4 is 22.8 Å². The summed E-state index contributed by atoms with van der Waals surface area (Å²) in [5.74, 6) is 2.28. The van der Waals surface area contributed by atoms with Gasteiger partial charge in [0.2, 0.25) is 0 Å². The lowest BCUT2D eigenvalue weighted by Crippen LogP contribution is -2.24. The Kier molecular flexibility index (Phi) is 7.86. The Morgan fingerprint density at radius 3 is 2.06 bits per heavy atom. The van der Waals surface area contributed by atoms with Crippen molar-refractivity contribution in [2.45, 2.75) is 30.2 Å². The number of ether oxygens (including phenoxy) is 2. The molecule has 4 aromatic carbocycles. The van der Waals surface area contributed by atoms with Crippen molar-refractivity contribution in [2.75, 3.05) is 6.61 Å². The molecule has 1 unspecified atom stereocenters. The molecule has 0 radical (unpaired) electrons. The van der Waals surface area contributed by atoms with Crippen LogP contribution in [0.1, 0.15) is 11.1 Å². The first-order valence-corrected chi connectivity index (χ1v) is 12.9. The van der Waals surface area contributed by atoms with Crippen LogP contribution in [0.3, 0.4) is 0 Å². The lowest BCUT2D eigenvalue weighted by atomic mass is 10.2. The van der Waals surface area contributed by atoms with E-state index < -0.39 is 6.10 Å². The summed E-state index contributed by atoms with van der Waals surface area (Å²) >= 11 is 1.67. The maximum atomic E-state index is 10.8. The molecule has 5 rings (SSSR count). The fraction of sp³-hybridized carbons (Fsp3) is 0.167. The summed E-state index contributed by atoms with van der Waals surface area (Å²) < 4.78 is 13.8. The number of aromatic nitrogens is 2. The second-order valence-corrected chi connectivity index (χ2v) is 9.42. The first-order chi connectivity index (χ1) is 17.7. The van der Waals surface area contributed by atoms with E-state index >= 15 is 0 Å². The third-order valence-corrected chi connectivity index (χ3v) is 6.79. The van der Waals surface area contributed by atoms with Gasteiger partial charge in [-0.25, -0.2) is 4.98 Å². The molecule has 0 aliphatic carbocycles. The molecule has 0 saturated carbocycles. The van der Waals surface area contributed by atoms with E-state index in [9.17, 15) is 5.11 Å². The van der Waals surface area contributed by atoms with Crippen molar-refractivity contribution in [2.24, 2.45) is 0 Å². The predicted octanol–water partition coefficient (Wildman–Crippen LogP) is 6.35. The second-order valence-electron chi connectivity index (χ2n) is 8.48. The van der Waals surface area contributed by atoms with Gasteiger partial charge >= 0.3 is 0 Å². The molecule has 0 aliphatic heterocycles. The number of aliphatic hydroxyl groups is 1. The lowest BCUT2D eigenvalue weighted by molar-refractivity contribution is 0.0914. The normalized spacial score (nSPS) is 11.9. The number of aliphatic hydroxyl groups excluding tert-OH is 1.